The molecule has 3 N–H and O–H groups in total. The summed E-state index contributed by atoms with van der Waals surface area (Å²) in [7, 11) is 4.72. The lowest BCUT2D eigenvalue weighted by Crippen LogP contribution is -2.54. The summed E-state index contributed by atoms with van der Waals surface area (Å²) in [5, 5.41) is 15.3. The van der Waals surface area contributed by atoms with E-state index in [4.69, 9.17) is 0 Å². The highest BCUT2D eigenvalue weighted by Crippen LogP contribution is 2.22. The minimum absolute atomic E-state index is 0.148. The number of rotatable bonds is 13. The highest BCUT2D eigenvalue weighted by atomic mass is 33.1. The molecule has 0 unspecified atom stereocenters. The van der Waals surface area contributed by atoms with Crippen molar-refractivity contribution in [3.63, 3.8) is 0 Å². The van der Waals surface area contributed by atoms with Crippen LogP contribution in [0.3, 0.4) is 0 Å². The molecule has 8 heteroatoms. The maximum Gasteiger partial charge on any atom is 0.238 e. The molecule has 0 radical (unpaired) electrons. The second kappa shape index (κ2) is 12.8. The van der Waals surface area contributed by atoms with E-state index in [0.29, 0.717) is 30.8 Å². The highest BCUT2D eigenvalue weighted by Gasteiger charge is 2.27. The number of Topliss-reactive ketones (excluding diaryl/α,β-unsaturated/α-hetero) is 2. The Bertz CT molecular complexity index is 392. The first-order valence-electron chi connectivity index (χ1n) is 7.75. The molecule has 0 bridgehead atoms. The van der Waals surface area contributed by atoms with E-state index in [1.54, 1.807) is 24.8 Å². The normalized spacial score (nSPS) is 14.8. The molecule has 0 saturated carbocycles. The summed E-state index contributed by atoms with van der Waals surface area (Å²) in [5.74, 6) is 0.912. The Labute approximate surface area is 146 Å². The average Bonchev–Trinajstić information content (AvgIpc) is 2.47. The fourth-order valence-electron chi connectivity index (χ4n) is 1.78. The number of ketones is 2. The van der Waals surface area contributed by atoms with Crippen molar-refractivity contribution < 1.29 is 19.5 Å². The van der Waals surface area contributed by atoms with Crippen LogP contribution in [0.25, 0.3) is 0 Å². The number of hydrogen-bond donors (Lipinski definition) is 3. The SMILES string of the molecule is CCCC(=O)[C@@H](NC(=O)[C@H](CSSCCC(C)=O)NC)[C@@H](C)O. The van der Waals surface area contributed by atoms with Crippen LogP contribution in [0, 0.1) is 0 Å². The van der Waals surface area contributed by atoms with Crippen LogP contribution >= 0.6 is 21.6 Å². The van der Waals surface area contributed by atoms with Crippen molar-refractivity contribution in [2.75, 3.05) is 18.6 Å². The van der Waals surface area contributed by atoms with Crippen molar-refractivity contribution in [3.05, 3.63) is 0 Å². The summed E-state index contributed by atoms with van der Waals surface area (Å²) < 4.78 is 0. The Morgan fingerprint density at radius 2 is 1.83 bits per heavy atom. The molecule has 6 nitrogen and oxygen atoms in total. The monoisotopic (exact) mass is 364 g/mol. The molecule has 23 heavy (non-hydrogen) atoms. The van der Waals surface area contributed by atoms with E-state index < -0.39 is 18.2 Å². The van der Waals surface area contributed by atoms with Gasteiger partial charge in [-0.25, -0.2) is 0 Å². The summed E-state index contributed by atoms with van der Waals surface area (Å²) in [4.78, 5) is 35.1. The predicted molar refractivity (Wildman–Crippen MR) is 96.6 cm³/mol. The van der Waals surface area contributed by atoms with Crippen molar-refractivity contribution in [2.24, 2.45) is 0 Å². The molecule has 0 aromatic rings. The molecule has 134 valence electrons. The van der Waals surface area contributed by atoms with Gasteiger partial charge in [-0.1, -0.05) is 28.5 Å². The molecule has 0 spiro atoms. The van der Waals surface area contributed by atoms with Gasteiger partial charge in [0.1, 0.15) is 11.8 Å². The molecule has 0 aromatic heterocycles. The zero-order valence-electron chi connectivity index (χ0n) is 14.3. The lowest BCUT2D eigenvalue weighted by molar-refractivity contribution is -0.131. The third-order valence-electron chi connectivity index (χ3n) is 3.14. The number of aliphatic hydroxyl groups is 1. The first-order chi connectivity index (χ1) is 10.8. The van der Waals surface area contributed by atoms with Crippen molar-refractivity contribution in [3.8, 4) is 0 Å². The van der Waals surface area contributed by atoms with Gasteiger partial charge in [0.25, 0.3) is 0 Å². The van der Waals surface area contributed by atoms with Crippen LogP contribution in [0.5, 0.6) is 0 Å². The van der Waals surface area contributed by atoms with Gasteiger partial charge in [0, 0.05) is 24.3 Å². The number of aliphatic hydroxyl groups excluding tert-OH is 1. The first-order valence-corrected chi connectivity index (χ1v) is 10.2. The molecule has 0 aliphatic carbocycles. The molecule has 0 saturated heterocycles. The molecule has 3 atom stereocenters. The maximum absolute atomic E-state index is 12.3. The molecule has 0 aliphatic rings. The number of carbonyl (C=O) groups excluding carboxylic acids is 3. The van der Waals surface area contributed by atoms with Gasteiger partial charge in [0.15, 0.2) is 5.78 Å². The molecular weight excluding hydrogens is 336 g/mol. The molecule has 0 fully saturated rings. The van der Waals surface area contributed by atoms with Gasteiger partial charge in [0.05, 0.1) is 12.1 Å². The fraction of sp³-hybridized carbons (Fsp3) is 0.800. The molecule has 0 rings (SSSR count). The largest absolute Gasteiger partial charge is 0.391 e. The smallest absolute Gasteiger partial charge is 0.238 e. The van der Waals surface area contributed by atoms with Crippen molar-refractivity contribution in [1.29, 1.82) is 0 Å². The van der Waals surface area contributed by atoms with Crippen LogP contribution in [-0.4, -0.2) is 59.3 Å². The zero-order valence-corrected chi connectivity index (χ0v) is 15.9. The summed E-state index contributed by atoms with van der Waals surface area (Å²) in [6, 6.07) is -1.32. The van der Waals surface area contributed by atoms with Gasteiger partial charge in [-0.15, -0.1) is 0 Å². The van der Waals surface area contributed by atoms with Gasteiger partial charge in [0.2, 0.25) is 5.91 Å². The first kappa shape index (κ1) is 22.4. The van der Waals surface area contributed by atoms with E-state index in [1.807, 2.05) is 6.92 Å². The van der Waals surface area contributed by atoms with E-state index in [9.17, 15) is 19.5 Å². The third kappa shape index (κ3) is 10.0. The van der Waals surface area contributed by atoms with E-state index in [2.05, 4.69) is 10.6 Å². The second-order valence-electron chi connectivity index (χ2n) is 5.34. The molecular formula is C15H28N2O4S2. The number of amides is 1. The molecule has 0 aromatic carbocycles. The minimum atomic E-state index is -0.923. The van der Waals surface area contributed by atoms with Gasteiger partial charge in [-0.3, -0.25) is 14.4 Å². The van der Waals surface area contributed by atoms with Crippen LogP contribution in [0.4, 0.5) is 0 Å². The van der Waals surface area contributed by atoms with Gasteiger partial charge >= 0.3 is 0 Å². The standard InChI is InChI=1S/C15H28N2O4S2/c1-5-6-13(20)14(11(3)19)17-15(21)12(16-4)9-23-22-8-7-10(2)18/h11-12,14,16,19H,5-9H2,1-4H3,(H,17,21)/t11-,12+,14+/m1/s1. The summed E-state index contributed by atoms with van der Waals surface area (Å²) in [6.45, 7) is 4.93. The van der Waals surface area contributed by atoms with Crippen LogP contribution in [-0.2, 0) is 14.4 Å². The highest BCUT2D eigenvalue weighted by molar-refractivity contribution is 8.76. The van der Waals surface area contributed by atoms with Crippen LogP contribution in [0.2, 0.25) is 0 Å². The molecule has 0 aliphatic heterocycles. The van der Waals surface area contributed by atoms with Gasteiger partial charge in [-0.2, -0.15) is 0 Å². The van der Waals surface area contributed by atoms with E-state index in [0.717, 1.165) is 0 Å². The zero-order chi connectivity index (χ0) is 17.8. The van der Waals surface area contributed by atoms with Crippen molar-refractivity contribution in [2.45, 2.75) is 58.2 Å². The lowest BCUT2D eigenvalue weighted by atomic mass is 10.0. The summed E-state index contributed by atoms with van der Waals surface area (Å²) in [6.07, 6.45) is 0.600. The fourth-order valence-corrected chi connectivity index (χ4v) is 4.12. The number of nitrogens with one attached hydrogen (secondary N) is 2. The average molecular weight is 365 g/mol. The number of carbonyl (C=O) groups is 3. The van der Waals surface area contributed by atoms with E-state index in [-0.39, 0.29) is 17.5 Å². The molecule has 1 amide bonds. The van der Waals surface area contributed by atoms with E-state index in [1.165, 1.54) is 17.7 Å². The topological polar surface area (TPSA) is 95.5 Å². The minimum Gasteiger partial charge on any atom is -0.391 e. The van der Waals surface area contributed by atoms with Gasteiger partial charge in [-0.05, 0) is 27.3 Å². The van der Waals surface area contributed by atoms with Gasteiger partial charge < -0.3 is 15.7 Å². The molecule has 0 heterocycles. The number of hydrogen-bond acceptors (Lipinski definition) is 7. The lowest BCUT2D eigenvalue weighted by Gasteiger charge is -2.23. The Morgan fingerprint density at radius 1 is 1.17 bits per heavy atom. The second-order valence-corrected chi connectivity index (χ2v) is 7.97. The van der Waals surface area contributed by atoms with Crippen LogP contribution in [0.15, 0.2) is 0 Å². The van der Waals surface area contributed by atoms with Crippen LogP contribution in [0.1, 0.15) is 40.0 Å². The Kier molecular flexibility index (Phi) is 12.5. The summed E-state index contributed by atoms with van der Waals surface area (Å²) in [5.41, 5.74) is 0. The Morgan fingerprint density at radius 3 is 2.30 bits per heavy atom. The predicted octanol–water partition coefficient (Wildman–Crippen LogP) is 1.17. The van der Waals surface area contributed by atoms with E-state index >= 15 is 0 Å². The quantitative estimate of drug-likeness (QED) is 0.333. The van der Waals surface area contributed by atoms with Crippen LogP contribution < -0.4 is 10.6 Å². The third-order valence-corrected chi connectivity index (χ3v) is 5.56. The number of likely N-dealkylation sites (N-methyl/N-ethyl adjacent to an activating group) is 1. The Hall–Kier alpha value is -0.570. The summed E-state index contributed by atoms with van der Waals surface area (Å²) >= 11 is 0. The Balaban J connectivity index is 4.39. The van der Waals surface area contributed by atoms with Crippen molar-refractivity contribution >= 4 is 39.1 Å². The maximum atomic E-state index is 12.3. The van der Waals surface area contributed by atoms with Crippen molar-refractivity contribution in [1.82, 2.24) is 10.6 Å².